The first kappa shape index (κ1) is 13.3. The van der Waals surface area contributed by atoms with Crippen molar-refractivity contribution in [1.82, 2.24) is 4.90 Å². The van der Waals surface area contributed by atoms with Crippen LogP contribution in [0.1, 0.15) is 11.1 Å². The van der Waals surface area contributed by atoms with Crippen molar-refractivity contribution < 1.29 is 19.6 Å². The third-order valence-corrected chi connectivity index (χ3v) is 3.33. The molecule has 1 heterocycles. The van der Waals surface area contributed by atoms with E-state index in [9.17, 15) is 20.0 Å². The van der Waals surface area contributed by atoms with Gasteiger partial charge < -0.3 is 9.84 Å². The van der Waals surface area contributed by atoms with Gasteiger partial charge in [0.15, 0.2) is 5.75 Å². The summed E-state index contributed by atoms with van der Waals surface area (Å²) in [5.41, 5.74) is 1.13. The van der Waals surface area contributed by atoms with Crippen LogP contribution in [0, 0.1) is 10.1 Å². The van der Waals surface area contributed by atoms with Crippen LogP contribution in [-0.4, -0.2) is 41.1 Å². The topological polar surface area (TPSA) is 92.9 Å². The quantitative estimate of drug-likeness (QED) is 0.484. The molecule has 1 aliphatic rings. The molecule has 0 saturated carbocycles. The minimum Gasteiger partial charge on any atom is -0.502 e. The second-order valence-electron chi connectivity index (χ2n) is 4.52. The van der Waals surface area contributed by atoms with Crippen molar-refractivity contribution in [3.8, 4) is 5.75 Å². The highest BCUT2D eigenvalue weighted by Gasteiger charge is 2.31. The number of hydrogen-bond donors (Lipinski definition) is 1. The maximum absolute atomic E-state index is 11.6. The summed E-state index contributed by atoms with van der Waals surface area (Å²) < 4.78 is 4.71. The average Bonchev–Trinajstić information content (AvgIpc) is 2.36. The van der Waals surface area contributed by atoms with Gasteiger partial charge in [-0.1, -0.05) is 0 Å². The number of rotatable bonds is 2. The van der Waals surface area contributed by atoms with E-state index >= 15 is 0 Å². The Balaban J connectivity index is 2.40. The van der Waals surface area contributed by atoms with E-state index in [1.54, 1.807) is 11.9 Å². The highest BCUT2D eigenvalue weighted by Crippen LogP contribution is 2.33. The zero-order valence-electron chi connectivity index (χ0n) is 10.6. The number of aromatic hydroxyl groups is 1. The number of carbonyl (C=O) groups excluding carboxylic acids is 1. The number of esters is 1. The molecule has 1 unspecified atom stereocenters. The number of phenolic OH excluding ortho intramolecular Hbond substituents is 1. The van der Waals surface area contributed by atoms with E-state index in [0.29, 0.717) is 18.5 Å². The summed E-state index contributed by atoms with van der Waals surface area (Å²) in [6.07, 6.45) is 0.333. The highest BCUT2D eigenvalue weighted by molar-refractivity contribution is 5.76. The number of carbonyl (C=O) groups is 1. The molecule has 0 spiro atoms. The lowest BCUT2D eigenvalue weighted by atomic mass is 9.93. The van der Waals surface area contributed by atoms with Gasteiger partial charge in [0.1, 0.15) is 6.04 Å². The SMILES string of the molecule is COC(=O)C1Cc2cc([N+](=O)[O-])c(O)cc2CN1C. The van der Waals surface area contributed by atoms with Gasteiger partial charge in [-0.3, -0.25) is 19.8 Å². The van der Waals surface area contributed by atoms with Gasteiger partial charge in [-0.05, 0) is 30.7 Å². The Bertz CT molecular complexity index is 543. The normalized spacial score (nSPS) is 18.7. The fourth-order valence-corrected chi connectivity index (χ4v) is 2.29. The third-order valence-electron chi connectivity index (χ3n) is 3.33. The molecule has 1 atom stereocenters. The fraction of sp³-hybridized carbons (Fsp3) is 0.417. The molecule has 0 aliphatic carbocycles. The molecule has 0 bridgehead atoms. The van der Waals surface area contributed by atoms with Crippen molar-refractivity contribution >= 4 is 11.7 Å². The fourth-order valence-electron chi connectivity index (χ4n) is 2.29. The summed E-state index contributed by atoms with van der Waals surface area (Å²) in [6, 6.07) is 2.26. The molecule has 102 valence electrons. The number of likely N-dealkylation sites (N-methyl/N-ethyl adjacent to an activating group) is 1. The van der Waals surface area contributed by atoms with Gasteiger partial charge in [-0.25, -0.2) is 0 Å². The zero-order valence-corrected chi connectivity index (χ0v) is 10.6. The number of methoxy groups -OCH3 is 1. The van der Waals surface area contributed by atoms with Crippen molar-refractivity contribution in [2.24, 2.45) is 0 Å². The van der Waals surface area contributed by atoms with Crippen LogP contribution in [-0.2, 0) is 22.5 Å². The van der Waals surface area contributed by atoms with E-state index in [1.165, 1.54) is 19.2 Å². The number of phenols is 1. The molecular weight excluding hydrogens is 252 g/mol. The number of nitro groups is 1. The maximum Gasteiger partial charge on any atom is 0.323 e. The van der Waals surface area contributed by atoms with E-state index in [1.807, 2.05) is 0 Å². The Morgan fingerprint density at radius 2 is 2.21 bits per heavy atom. The van der Waals surface area contributed by atoms with Crippen molar-refractivity contribution in [3.63, 3.8) is 0 Å². The van der Waals surface area contributed by atoms with Crippen LogP contribution >= 0.6 is 0 Å². The molecule has 1 N–H and O–H groups in total. The number of nitro benzene ring substituents is 1. The molecule has 0 radical (unpaired) electrons. The first-order valence-corrected chi connectivity index (χ1v) is 5.71. The van der Waals surface area contributed by atoms with E-state index in [0.717, 1.165) is 5.56 Å². The molecule has 1 aromatic rings. The molecule has 0 fully saturated rings. The van der Waals surface area contributed by atoms with Crippen LogP contribution < -0.4 is 0 Å². The molecule has 1 aromatic carbocycles. The molecular formula is C12H14N2O5. The van der Waals surface area contributed by atoms with Crippen molar-refractivity contribution in [2.75, 3.05) is 14.2 Å². The van der Waals surface area contributed by atoms with Crippen LogP contribution in [0.2, 0.25) is 0 Å². The smallest absolute Gasteiger partial charge is 0.323 e. The number of benzene rings is 1. The van der Waals surface area contributed by atoms with Crippen molar-refractivity contribution in [2.45, 2.75) is 19.0 Å². The summed E-state index contributed by atoms with van der Waals surface area (Å²) in [6.45, 7) is 0.431. The average molecular weight is 266 g/mol. The van der Waals surface area contributed by atoms with Crippen molar-refractivity contribution in [1.29, 1.82) is 0 Å². The second-order valence-corrected chi connectivity index (χ2v) is 4.52. The van der Waals surface area contributed by atoms with Gasteiger partial charge in [0.2, 0.25) is 0 Å². The Hall–Kier alpha value is -2.15. The highest BCUT2D eigenvalue weighted by atomic mass is 16.6. The van der Waals surface area contributed by atoms with Crippen LogP contribution in [0.5, 0.6) is 5.75 Å². The molecule has 0 aromatic heterocycles. The third kappa shape index (κ3) is 2.37. The first-order chi connectivity index (χ1) is 8.93. The lowest BCUT2D eigenvalue weighted by Crippen LogP contribution is -2.43. The molecule has 7 nitrogen and oxygen atoms in total. The maximum atomic E-state index is 11.6. The Labute approximate surface area is 109 Å². The molecule has 2 rings (SSSR count). The van der Waals surface area contributed by atoms with Crippen LogP contribution in [0.15, 0.2) is 12.1 Å². The summed E-state index contributed by atoms with van der Waals surface area (Å²) in [5.74, 6) is -0.724. The lowest BCUT2D eigenvalue weighted by Gasteiger charge is -2.31. The van der Waals surface area contributed by atoms with E-state index in [2.05, 4.69) is 0 Å². The molecule has 1 aliphatic heterocycles. The minimum absolute atomic E-state index is 0.333. The summed E-state index contributed by atoms with van der Waals surface area (Å²) in [7, 11) is 3.08. The Kier molecular flexibility index (Phi) is 3.39. The van der Waals surface area contributed by atoms with Crippen molar-refractivity contribution in [3.05, 3.63) is 33.4 Å². The van der Waals surface area contributed by atoms with Gasteiger partial charge in [-0.15, -0.1) is 0 Å². The number of ether oxygens (including phenoxy) is 1. The second kappa shape index (κ2) is 4.85. The summed E-state index contributed by atoms with van der Waals surface area (Å²) >= 11 is 0. The van der Waals surface area contributed by atoms with Crippen LogP contribution in [0.3, 0.4) is 0 Å². The Morgan fingerprint density at radius 1 is 1.53 bits per heavy atom. The van der Waals surface area contributed by atoms with Crippen LogP contribution in [0.4, 0.5) is 5.69 Å². The standard InChI is InChI=1S/C12H14N2O5/c1-13-6-8-5-11(15)9(14(17)18)3-7(8)4-10(13)12(16)19-2/h3,5,10,15H,4,6H2,1-2H3. The van der Waals surface area contributed by atoms with E-state index in [-0.39, 0.29) is 17.4 Å². The van der Waals surface area contributed by atoms with Gasteiger partial charge in [0, 0.05) is 12.6 Å². The van der Waals surface area contributed by atoms with Gasteiger partial charge in [0.25, 0.3) is 0 Å². The summed E-state index contributed by atoms with van der Waals surface area (Å²) in [4.78, 5) is 23.6. The Morgan fingerprint density at radius 3 is 2.79 bits per heavy atom. The number of fused-ring (bicyclic) bond motifs is 1. The van der Waals surface area contributed by atoms with Crippen LogP contribution in [0.25, 0.3) is 0 Å². The molecule has 0 amide bonds. The molecule has 19 heavy (non-hydrogen) atoms. The van der Waals surface area contributed by atoms with E-state index < -0.39 is 11.0 Å². The summed E-state index contributed by atoms with van der Waals surface area (Å²) in [5, 5.41) is 20.4. The largest absolute Gasteiger partial charge is 0.502 e. The predicted octanol–water partition coefficient (Wildman–Crippen LogP) is 0.830. The number of hydrogen-bond acceptors (Lipinski definition) is 6. The molecule has 0 saturated heterocycles. The van der Waals surface area contributed by atoms with Gasteiger partial charge in [-0.2, -0.15) is 0 Å². The lowest BCUT2D eigenvalue weighted by molar-refractivity contribution is -0.386. The van der Waals surface area contributed by atoms with Gasteiger partial charge in [0.05, 0.1) is 12.0 Å². The zero-order chi connectivity index (χ0) is 14.2. The monoisotopic (exact) mass is 266 g/mol. The number of nitrogens with zero attached hydrogens (tertiary/aromatic N) is 2. The van der Waals surface area contributed by atoms with E-state index in [4.69, 9.17) is 4.74 Å². The first-order valence-electron chi connectivity index (χ1n) is 5.71. The molecule has 7 heteroatoms. The minimum atomic E-state index is -0.638. The van der Waals surface area contributed by atoms with Gasteiger partial charge >= 0.3 is 11.7 Å². The predicted molar refractivity (Wildman–Crippen MR) is 65.7 cm³/mol.